The van der Waals surface area contributed by atoms with E-state index in [0.29, 0.717) is 5.69 Å². The molecule has 1 aliphatic heterocycles. The van der Waals surface area contributed by atoms with Crippen molar-refractivity contribution in [3.63, 3.8) is 0 Å². The Balaban J connectivity index is 2.34. The minimum absolute atomic E-state index is 0.000303. The lowest BCUT2D eigenvalue weighted by Gasteiger charge is -2.30. The highest BCUT2D eigenvalue weighted by atomic mass is 127. The normalized spacial score (nSPS) is 18.6. The zero-order chi connectivity index (χ0) is 15.1. The van der Waals surface area contributed by atoms with Crippen LogP contribution in [0.2, 0.25) is 0 Å². The van der Waals surface area contributed by atoms with Crippen molar-refractivity contribution >= 4 is 44.3 Å². The molecule has 1 atom stereocenters. The SMILES string of the molecule is CC(NC1=NS(=O)(=O)c2cc(I)ccc2N1)C(C)(C)C. The quantitative estimate of drug-likeness (QED) is 0.703. The summed E-state index contributed by atoms with van der Waals surface area (Å²) in [6.07, 6.45) is 0. The molecular weight excluding hydrogens is 389 g/mol. The third-order valence-electron chi connectivity index (χ3n) is 3.34. The van der Waals surface area contributed by atoms with Gasteiger partial charge >= 0.3 is 0 Å². The topological polar surface area (TPSA) is 70.6 Å². The van der Waals surface area contributed by atoms with Gasteiger partial charge in [0.05, 0.1) is 5.69 Å². The molecule has 0 aliphatic carbocycles. The molecule has 7 heteroatoms. The van der Waals surface area contributed by atoms with Gasteiger partial charge in [-0.05, 0) is 53.1 Å². The summed E-state index contributed by atoms with van der Waals surface area (Å²) in [5.41, 5.74) is 0.560. The molecule has 110 valence electrons. The van der Waals surface area contributed by atoms with E-state index >= 15 is 0 Å². The van der Waals surface area contributed by atoms with Crippen molar-refractivity contribution in [3.05, 3.63) is 21.8 Å². The van der Waals surface area contributed by atoms with Gasteiger partial charge in [-0.3, -0.25) is 0 Å². The molecule has 1 aromatic carbocycles. The van der Waals surface area contributed by atoms with Crippen molar-refractivity contribution in [2.24, 2.45) is 9.81 Å². The highest BCUT2D eigenvalue weighted by Crippen LogP contribution is 2.29. The van der Waals surface area contributed by atoms with E-state index in [1.54, 1.807) is 12.1 Å². The highest BCUT2D eigenvalue weighted by Gasteiger charge is 2.28. The maximum absolute atomic E-state index is 12.2. The number of benzene rings is 1. The summed E-state index contributed by atoms with van der Waals surface area (Å²) in [6, 6.07) is 5.31. The van der Waals surface area contributed by atoms with E-state index < -0.39 is 10.0 Å². The number of halogens is 1. The zero-order valence-electron chi connectivity index (χ0n) is 11.9. The predicted molar refractivity (Wildman–Crippen MR) is 89.5 cm³/mol. The number of anilines is 1. The monoisotopic (exact) mass is 407 g/mol. The van der Waals surface area contributed by atoms with E-state index in [1.165, 1.54) is 0 Å². The number of hydrogen-bond acceptors (Lipinski definition) is 4. The molecule has 0 amide bonds. The van der Waals surface area contributed by atoms with Gasteiger partial charge in [-0.15, -0.1) is 4.40 Å². The minimum atomic E-state index is -3.65. The fourth-order valence-corrected chi connectivity index (χ4v) is 3.43. The molecule has 0 fully saturated rings. The van der Waals surface area contributed by atoms with Crippen LogP contribution in [0.1, 0.15) is 27.7 Å². The summed E-state index contributed by atoms with van der Waals surface area (Å²) in [4.78, 5) is 0.221. The Labute approximate surface area is 133 Å². The first-order chi connectivity index (χ1) is 9.09. The summed E-state index contributed by atoms with van der Waals surface area (Å²) in [5, 5.41) is 6.17. The van der Waals surface area contributed by atoms with Crippen molar-refractivity contribution in [3.8, 4) is 0 Å². The van der Waals surface area contributed by atoms with Crippen LogP contribution in [0, 0.1) is 8.99 Å². The first-order valence-corrected chi connectivity index (χ1v) is 8.79. The maximum atomic E-state index is 12.2. The van der Waals surface area contributed by atoms with Crippen molar-refractivity contribution in [1.82, 2.24) is 5.32 Å². The van der Waals surface area contributed by atoms with Gasteiger partial charge in [-0.2, -0.15) is 8.42 Å². The molecule has 1 unspecified atom stereocenters. The third kappa shape index (κ3) is 3.25. The van der Waals surface area contributed by atoms with E-state index in [0.717, 1.165) is 3.57 Å². The van der Waals surface area contributed by atoms with E-state index in [-0.39, 0.29) is 22.3 Å². The first-order valence-electron chi connectivity index (χ1n) is 6.28. The molecule has 0 bridgehead atoms. The molecule has 0 radical (unpaired) electrons. The van der Waals surface area contributed by atoms with Crippen LogP contribution in [0.3, 0.4) is 0 Å². The number of rotatable bonds is 1. The number of nitrogens with one attached hydrogen (secondary N) is 2. The Morgan fingerprint density at radius 2 is 2.00 bits per heavy atom. The van der Waals surface area contributed by atoms with Gasteiger partial charge in [-0.25, -0.2) is 0 Å². The van der Waals surface area contributed by atoms with E-state index in [2.05, 4.69) is 58.4 Å². The Kier molecular flexibility index (Phi) is 4.03. The predicted octanol–water partition coefficient (Wildman–Crippen LogP) is 2.79. The number of hydrogen-bond donors (Lipinski definition) is 2. The van der Waals surface area contributed by atoms with Crippen molar-refractivity contribution in [2.75, 3.05) is 5.32 Å². The molecule has 1 aliphatic rings. The fraction of sp³-hybridized carbons (Fsp3) is 0.462. The van der Waals surface area contributed by atoms with Gasteiger partial charge < -0.3 is 10.6 Å². The Bertz CT molecular complexity index is 663. The summed E-state index contributed by atoms with van der Waals surface area (Å²) >= 11 is 2.08. The molecule has 2 N–H and O–H groups in total. The van der Waals surface area contributed by atoms with Gasteiger partial charge in [0.15, 0.2) is 0 Å². The second-order valence-electron chi connectivity index (χ2n) is 5.91. The average molecular weight is 407 g/mol. The average Bonchev–Trinajstić information content (AvgIpc) is 2.28. The fourth-order valence-electron chi connectivity index (χ4n) is 1.62. The number of nitrogens with zero attached hydrogens (tertiary/aromatic N) is 1. The van der Waals surface area contributed by atoms with Crippen LogP contribution >= 0.6 is 22.6 Å². The molecule has 0 saturated heterocycles. The molecule has 0 saturated carbocycles. The van der Waals surface area contributed by atoms with Gasteiger partial charge in [0.2, 0.25) is 5.96 Å². The Morgan fingerprint density at radius 3 is 2.60 bits per heavy atom. The zero-order valence-corrected chi connectivity index (χ0v) is 14.8. The van der Waals surface area contributed by atoms with E-state index in [4.69, 9.17) is 0 Å². The molecule has 20 heavy (non-hydrogen) atoms. The largest absolute Gasteiger partial charge is 0.352 e. The number of guanidine groups is 1. The molecule has 2 rings (SSSR count). The van der Waals surface area contributed by atoms with E-state index in [1.807, 2.05) is 13.0 Å². The van der Waals surface area contributed by atoms with Gasteiger partial charge in [0, 0.05) is 9.61 Å². The molecule has 0 aromatic heterocycles. The molecular formula is C13H18IN3O2S. The first kappa shape index (κ1) is 15.6. The van der Waals surface area contributed by atoms with Gasteiger partial charge in [0.25, 0.3) is 10.0 Å². The second-order valence-corrected chi connectivity index (χ2v) is 8.73. The second kappa shape index (κ2) is 5.18. The van der Waals surface area contributed by atoms with Crippen molar-refractivity contribution < 1.29 is 8.42 Å². The molecule has 5 nitrogen and oxygen atoms in total. The molecule has 1 aromatic rings. The number of fused-ring (bicyclic) bond motifs is 1. The lowest BCUT2D eigenvalue weighted by molar-refractivity contribution is 0.316. The minimum Gasteiger partial charge on any atom is -0.352 e. The Morgan fingerprint density at radius 1 is 1.35 bits per heavy atom. The summed E-state index contributed by atoms with van der Waals surface area (Å²) in [6.45, 7) is 8.25. The third-order valence-corrected chi connectivity index (χ3v) is 5.33. The van der Waals surface area contributed by atoms with Crippen LogP contribution in [0.15, 0.2) is 27.5 Å². The summed E-state index contributed by atoms with van der Waals surface area (Å²) in [5.74, 6) is 0.279. The van der Waals surface area contributed by atoms with E-state index in [9.17, 15) is 8.42 Å². The van der Waals surface area contributed by atoms with Crippen LogP contribution in [-0.4, -0.2) is 20.4 Å². The number of sulfonamides is 1. The highest BCUT2D eigenvalue weighted by molar-refractivity contribution is 14.1. The van der Waals surface area contributed by atoms with Crippen LogP contribution in [0.25, 0.3) is 0 Å². The van der Waals surface area contributed by atoms with Crippen LogP contribution < -0.4 is 10.6 Å². The molecule has 0 spiro atoms. The van der Waals surface area contributed by atoms with Crippen molar-refractivity contribution in [2.45, 2.75) is 38.6 Å². The van der Waals surface area contributed by atoms with Gasteiger partial charge in [0.1, 0.15) is 4.90 Å². The summed E-state index contributed by atoms with van der Waals surface area (Å²) in [7, 11) is -3.65. The van der Waals surface area contributed by atoms with Crippen LogP contribution in [0.5, 0.6) is 0 Å². The summed E-state index contributed by atoms with van der Waals surface area (Å²) < 4.78 is 29.1. The lowest BCUT2D eigenvalue weighted by atomic mass is 9.88. The van der Waals surface area contributed by atoms with Crippen LogP contribution in [0.4, 0.5) is 5.69 Å². The lowest BCUT2D eigenvalue weighted by Crippen LogP contribution is -2.45. The van der Waals surface area contributed by atoms with Crippen LogP contribution in [-0.2, 0) is 10.0 Å². The smallest absolute Gasteiger partial charge is 0.287 e. The molecule has 1 heterocycles. The maximum Gasteiger partial charge on any atom is 0.287 e. The van der Waals surface area contributed by atoms with Gasteiger partial charge in [-0.1, -0.05) is 20.8 Å². The van der Waals surface area contributed by atoms with Crippen molar-refractivity contribution in [1.29, 1.82) is 0 Å². The standard InChI is InChI=1S/C13H18IN3O2S/c1-8(13(2,3)4)15-12-16-10-6-5-9(14)7-11(10)20(18,19)17-12/h5-8H,1-4H3,(H2,15,16,17). The Hall–Kier alpha value is -0.830.